The molecular formula is C45H59N4O6+. The van der Waals surface area contributed by atoms with Crippen LogP contribution in [0.1, 0.15) is 130 Å². The third-order valence-electron chi connectivity index (χ3n) is 11.3. The van der Waals surface area contributed by atoms with Crippen LogP contribution in [0, 0.1) is 0 Å². The van der Waals surface area contributed by atoms with E-state index in [1.807, 2.05) is 0 Å². The minimum Gasteiger partial charge on any atom is -0.346 e. The van der Waals surface area contributed by atoms with Crippen LogP contribution >= 0.6 is 0 Å². The Kier molecular flexibility index (Phi) is 13.7. The van der Waals surface area contributed by atoms with Crippen molar-refractivity contribution in [2.45, 2.75) is 135 Å². The van der Waals surface area contributed by atoms with Gasteiger partial charge in [-0.1, -0.05) is 83.0 Å². The summed E-state index contributed by atoms with van der Waals surface area (Å²) in [5.41, 5.74) is 7.48. The van der Waals surface area contributed by atoms with Gasteiger partial charge in [-0.2, -0.15) is 4.58 Å². The molecule has 1 unspecified atom stereocenters. The Morgan fingerprint density at radius 2 is 1.55 bits per heavy atom. The van der Waals surface area contributed by atoms with E-state index >= 15 is 0 Å². The van der Waals surface area contributed by atoms with E-state index < -0.39 is 23.8 Å². The fraction of sp³-hybridized carbons (Fsp3) is 0.511. The number of ketones is 1. The fourth-order valence-corrected chi connectivity index (χ4v) is 8.13. The van der Waals surface area contributed by atoms with Crippen molar-refractivity contribution < 1.29 is 33.4 Å². The Labute approximate surface area is 326 Å². The van der Waals surface area contributed by atoms with Crippen LogP contribution in [0.3, 0.4) is 0 Å². The maximum atomic E-state index is 13.0. The van der Waals surface area contributed by atoms with Crippen molar-refractivity contribution in [3.63, 3.8) is 0 Å². The Balaban J connectivity index is 1.17. The lowest BCUT2D eigenvalue weighted by Gasteiger charge is -2.27. The van der Waals surface area contributed by atoms with Crippen LogP contribution in [0.5, 0.6) is 0 Å². The molecule has 5 rings (SSSR count). The SMILES string of the molecule is CCCC[N+]1=C(/C=C/C=C2\N(CCCCCC(=O)NC(CCCC(=O)ON3C(=O)CCC3=O)C(=O)CC)c3ccccc3C2(C)C)C(C)(C)c2ccccc21. The summed E-state index contributed by atoms with van der Waals surface area (Å²) in [4.78, 5) is 68.6. The third kappa shape index (κ3) is 9.34. The number of carbonyl (C=O) groups is 5. The second kappa shape index (κ2) is 18.2. The van der Waals surface area contributed by atoms with Crippen molar-refractivity contribution in [3.05, 3.63) is 83.6 Å². The van der Waals surface area contributed by atoms with Gasteiger partial charge in [-0.25, -0.2) is 4.79 Å². The zero-order chi connectivity index (χ0) is 39.8. The number of unbranched alkanes of at least 4 members (excludes halogenated alkanes) is 3. The van der Waals surface area contributed by atoms with E-state index in [4.69, 9.17) is 4.84 Å². The van der Waals surface area contributed by atoms with E-state index in [1.165, 1.54) is 33.9 Å². The Morgan fingerprint density at radius 3 is 2.25 bits per heavy atom. The molecule has 0 spiro atoms. The van der Waals surface area contributed by atoms with Crippen LogP contribution in [0.4, 0.5) is 11.4 Å². The van der Waals surface area contributed by atoms with Gasteiger partial charge in [0.15, 0.2) is 11.5 Å². The summed E-state index contributed by atoms with van der Waals surface area (Å²) in [7, 11) is 0. The molecule has 1 N–H and O–H groups in total. The molecule has 2 aromatic carbocycles. The Morgan fingerprint density at radius 1 is 0.855 bits per heavy atom. The van der Waals surface area contributed by atoms with Crippen molar-refractivity contribution in [1.29, 1.82) is 0 Å². The quantitative estimate of drug-likeness (QED) is 0.0882. The number of Topliss-reactive ketones (excluding diaryl/α,β-unsaturated/α-hetero) is 1. The lowest BCUT2D eigenvalue weighted by molar-refractivity contribution is -0.438. The number of imide groups is 1. The van der Waals surface area contributed by atoms with Gasteiger partial charge in [0.1, 0.15) is 6.54 Å². The van der Waals surface area contributed by atoms with Gasteiger partial charge in [-0.05, 0) is 57.2 Å². The summed E-state index contributed by atoms with van der Waals surface area (Å²) in [6.45, 7) is 15.0. The monoisotopic (exact) mass is 751 g/mol. The maximum Gasteiger partial charge on any atom is 0.333 e. The van der Waals surface area contributed by atoms with E-state index in [1.54, 1.807) is 6.92 Å². The zero-order valence-corrected chi connectivity index (χ0v) is 33.6. The van der Waals surface area contributed by atoms with E-state index in [-0.39, 0.29) is 61.0 Å². The predicted octanol–water partition coefficient (Wildman–Crippen LogP) is 7.90. The largest absolute Gasteiger partial charge is 0.346 e. The first-order valence-electron chi connectivity index (χ1n) is 20.2. The van der Waals surface area contributed by atoms with Gasteiger partial charge in [0.05, 0.1) is 11.5 Å². The fourth-order valence-electron chi connectivity index (χ4n) is 8.13. The number of anilines is 1. The number of hydrogen-bond acceptors (Lipinski definition) is 7. The molecule has 0 saturated carbocycles. The number of allylic oxidation sites excluding steroid dienone is 4. The third-order valence-corrected chi connectivity index (χ3v) is 11.3. The number of para-hydroxylation sites is 2. The Hall–Kier alpha value is -4.86. The first-order chi connectivity index (χ1) is 26.3. The highest BCUT2D eigenvalue weighted by Gasteiger charge is 2.44. The van der Waals surface area contributed by atoms with Gasteiger partial charge in [0.25, 0.3) is 11.8 Å². The highest BCUT2D eigenvalue weighted by molar-refractivity contribution is 6.03. The van der Waals surface area contributed by atoms with E-state index in [0.29, 0.717) is 17.9 Å². The topological polar surface area (TPSA) is 116 Å². The van der Waals surface area contributed by atoms with Crippen LogP contribution in [-0.4, -0.2) is 64.0 Å². The van der Waals surface area contributed by atoms with Gasteiger partial charge in [-0.3, -0.25) is 19.2 Å². The molecule has 55 heavy (non-hydrogen) atoms. The van der Waals surface area contributed by atoms with Crippen LogP contribution in [0.15, 0.2) is 72.5 Å². The standard InChI is InChI=1S/C45H58N4O6/c1-7-9-30-47-35-22-14-12-19-32(35)44(3,4)38(47)24-18-25-39-45(5,6)33-20-13-15-23-36(33)48(39)31-16-10-11-26-40(51)46-34(37(50)8-2)21-17-27-43(54)55-49-41(52)28-29-42(49)53/h12-15,18-20,22-25,34H,7-11,16-17,21,26-31H2,1-6H3/p+1. The van der Waals surface area contributed by atoms with Crippen molar-refractivity contribution in [2.75, 3.05) is 18.0 Å². The molecule has 2 aromatic rings. The zero-order valence-electron chi connectivity index (χ0n) is 33.6. The molecule has 294 valence electrons. The average molecular weight is 752 g/mol. The molecule has 1 fully saturated rings. The van der Waals surface area contributed by atoms with Crippen molar-refractivity contribution in [1.82, 2.24) is 10.4 Å². The summed E-state index contributed by atoms with van der Waals surface area (Å²) in [6.07, 6.45) is 12.6. The molecule has 0 radical (unpaired) electrons. The summed E-state index contributed by atoms with van der Waals surface area (Å²) in [6, 6.07) is 16.7. The minimum absolute atomic E-state index is 0.0261. The second-order valence-electron chi connectivity index (χ2n) is 15.9. The minimum atomic E-state index is -0.715. The molecule has 0 bridgehead atoms. The van der Waals surface area contributed by atoms with Gasteiger partial charge in [0, 0.05) is 79.6 Å². The van der Waals surface area contributed by atoms with Crippen LogP contribution in [0.2, 0.25) is 0 Å². The predicted molar refractivity (Wildman–Crippen MR) is 215 cm³/mol. The molecule has 0 aromatic heterocycles. The molecule has 3 aliphatic heterocycles. The molecular weight excluding hydrogens is 693 g/mol. The van der Waals surface area contributed by atoms with Crippen molar-refractivity contribution in [3.8, 4) is 0 Å². The lowest BCUT2D eigenvalue weighted by Crippen LogP contribution is -2.40. The normalized spacial score (nSPS) is 18.3. The average Bonchev–Trinajstić information content (AvgIpc) is 3.68. The molecule has 0 aliphatic carbocycles. The highest BCUT2D eigenvalue weighted by atomic mass is 16.7. The van der Waals surface area contributed by atoms with E-state index in [0.717, 1.165) is 38.8 Å². The molecule has 3 amide bonds. The van der Waals surface area contributed by atoms with Gasteiger partial charge < -0.3 is 15.1 Å². The smallest absolute Gasteiger partial charge is 0.333 e. The molecule has 3 aliphatic rings. The van der Waals surface area contributed by atoms with Gasteiger partial charge >= 0.3 is 5.97 Å². The molecule has 3 heterocycles. The highest BCUT2D eigenvalue weighted by Crippen LogP contribution is 2.48. The van der Waals surface area contributed by atoms with Crippen molar-refractivity contribution >= 4 is 46.6 Å². The number of fused-ring (bicyclic) bond motifs is 2. The number of carbonyl (C=O) groups excluding carboxylic acids is 5. The van der Waals surface area contributed by atoms with E-state index in [2.05, 4.69) is 116 Å². The number of nitrogens with zero attached hydrogens (tertiary/aromatic N) is 3. The number of nitrogens with one attached hydrogen (secondary N) is 1. The summed E-state index contributed by atoms with van der Waals surface area (Å²) in [5.74, 6) is -2.09. The number of hydroxylamine groups is 2. The summed E-state index contributed by atoms with van der Waals surface area (Å²) < 4.78 is 2.50. The number of hydrogen-bond donors (Lipinski definition) is 1. The van der Waals surface area contributed by atoms with E-state index in [9.17, 15) is 24.0 Å². The van der Waals surface area contributed by atoms with Crippen LogP contribution in [-0.2, 0) is 39.6 Å². The summed E-state index contributed by atoms with van der Waals surface area (Å²) in [5, 5.41) is 3.39. The summed E-state index contributed by atoms with van der Waals surface area (Å²) >= 11 is 0. The number of benzene rings is 2. The van der Waals surface area contributed by atoms with Crippen molar-refractivity contribution in [2.24, 2.45) is 0 Å². The molecule has 10 heteroatoms. The lowest BCUT2D eigenvalue weighted by atomic mass is 9.81. The first-order valence-corrected chi connectivity index (χ1v) is 20.2. The molecule has 10 nitrogen and oxygen atoms in total. The van der Waals surface area contributed by atoms with Crippen LogP contribution in [0.25, 0.3) is 0 Å². The number of amides is 3. The molecule has 1 saturated heterocycles. The molecule has 1 atom stereocenters. The Bertz CT molecular complexity index is 1860. The maximum absolute atomic E-state index is 13.0. The number of rotatable bonds is 19. The van der Waals surface area contributed by atoms with Gasteiger partial charge in [-0.15, -0.1) is 5.06 Å². The van der Waals surface area contributed by atoms with Crippen LogP contribution < -0.4 is 10.2 Å². The second-order valence-corrected chi connectivity index (χ2v) is 15.9. The first kappa shape index (κ1) is 41.3. The van der Waals surface area contributed by atoms with Gasteiger partial charge in [0.2, 0.25) is 11.6 Å².